The highest BCUT2D eigenvalue weighted by Crippen LogP contribution is 2.19. The summed E-state index contributed by atoms with van der Waals surface area (Å²) in [6.07, 6.45) is -2.19. The van der Waals surface area contributed by atoms with Gasteiger partial charge < -0.3 is 14.4 Å². The molecule has 2 bridgehead atoms. The van der Waals surface area contributed by atoms with Gasteiger partial charge in [-0.2, -0.15) is 0 Å². The van der Waals surface area contributed by atoms with Crippen LogP contribution in [0.3, 0.4) is 0 Å². The summed E-state index contributed by atoms with van der Waals surface area (Å²) in [7, 11) is 0. The van der Waals surface area contributed by atoms with E-state index in [1.165, 1.54) is 0 Å². The van der Waals surface area contributed by atoms with Crippen LogP contribution >= 0.6 is 0 Å². The zero-order valence-corrected chi connectivity index (χ0v) is 7.66. The number of nitrogens with zero attached hydrogens (tertiary/aromatic N) is 2. The summed E-state index contributed by atoms with van der Waals surface area (Å²) < 4.78 is 15.5. The SMILES string of the molecule is [2H]C([2H])(C[N+]12CCN(CC1)CC2)C(=O)[O-]. The van der Waals surface area contributed by atoms with Crippen LogP contribution < -0.4 is 5.11 Å². The average Bonchev–Trinajstić information content (AvgIpc) is 2.18. The van der Waals surface area contributed by atoms with E-state index in [1.807, 2.05) is 0 Å². The smallest absolute Gasteiger partial charge is 0.0916 e. The number of carboxylic acid groups (broad SMARTS) is 1. The largest absolute Gasteiger partial charge is 0.550 e. The topological polar surface area (TPSA) is 43.4 Å². The molecular formula is C9H16N2O2. The first-order valence-electron chi connectivity index (χ1n) is 5.73. The van der Waals surface area contributed by atoms with Crippen LogP contribution in [0.5, 0.6) is 0 Å². The number of quaternary nitrogens is 1. The van der Waals surface area contributed by atoms with Crippen molar-refractivity contribution in [2.75, 3.05) is 45.8 Å². The Hall–Kier alpha value is -0.610. The van der Waals surface area contributed by atoms with E-state index in [4.69, 9.17) is 2.74 Å². The van der Waals surface area contributed by atoms with E-state index in [2.05, 4.69) is 4.90 Å². The highest BCUT2D eigenvalue weighted by atomic mass is 16.4. The second-order valence-corrected chi connectivity index (χ2v) is 3.98. The predicted octanol–water partition coefficient (Wildman–Crippen LogP) is -1.73. The highest BCUT2D eigenvalue weighted by Gasteiger charge is 2.37. The fourth-order valence-electron chi connectivity index (χ4n) is 2.20. The third-order valence-corrected chi connectivity index (χ3v) is 3.23. The maximum absolute atomic E-state index is 10.7. The summed E-state index contributed by atoms with van der Waals surface area (Å²) in [5, 5.41) is 10.7. The van der Waals surface area contributed by atoms with Crippen molar-refractivity contribution in [1.29, 1.82) is 0 Å². The number of hydrogen-bond donors (Lipinski definition) is 0. The number of carboxylic acids is 1. The van der Waals surface area contributed by atoms with Gasteiger partial charge in [-0.05, 0) is 0 Å². The van der Waals surface area contributed by atoms with Crippen LogP contribution in [0.25, 0.3) is 0 Å². The van der Waals surface area contributed by atoms with Crippen LogP contribution in [-0.2, 0) is 4.79 Å². The van der Waals surface area contributed by atoms with E-state index < -0.39 is 12.3 Å². The Balaban J connectivity index is 2.07. The molecule has 3 fully saturated rings. The highest BCUT2D eigenvalue weighted by molar-refractivity contribution is 5.64. The zero-order valence-electron chi connectivity index (χ0n) is 9.66. The number of carbonyl (C=O) groups is 1. The van der Waals surface area contributed by atoms with Crippen LogP contribution in [0.15, 0.2) is 0 Å². The molecule has 0 aromatic rings. The molecule has 4 nitrogen and oxygen atoms in total. The van der Waals surface area contributed by atoms with Crippen LogP contribution in [-0.4, -0.2) is 61.2 Å². The molecule has 0 amide bonds. The maximum Gasteiger partial charge on any atom is 0.0916 e. The molecule has 0 aliphatic carbocycles. The van der Waals surface area contributed by atoms with Gasteiger partial charge in [-0.15, -0.1) is 0 Å². The molecule has 0 radical (unpaired) electrons. The van der Waals surface area contributed by atoms with Gasteiger partial charge in [0.2, 0.25) is 0 Å². The Morgan fingerprint density at radius 2 is 1.92 bits per heavy atom. The number of carbonyl (C=O) groups excluding carboxylic acids is 1. The van der Waals surface area contributed by atoms with E-state index >= 15 is 0 Å². The molecule has 0 atom stereocenters. The lowest BCUT2D eigenvalue weighted by Crippen LogP contribution is -2.67. The van der Waals surface area contributed by atoms with Crippen molar-refractivity contribution in [2.45, 2.75) is 6.37 Å². The Kier molecular flexibility index (Phi) is 1.71. The van der Waals surface area contributed by atoms with Crippen molar-refractivity contribution in [3.05, 3.63) is 0 Å². The Morgan fingerprint density at radius 3 is 2.38 bits per heavy atom. The summed E-state index contributed by atoms with van der Waals surface area (Å²) in [4.78, 5) is 13.0. The molecule has 3 saturated heterocycles. The monoisotopic (exact) mass is 186 g/mol. The summed E-state index contributed by atoms with van der Waals surface area (Å²) in [6, 6.07) is 0. The van der Waals surface area contributed by atoms with Gasteiger partial charge in [-0.1, -0.05) is 0 Å². The third-order valence-electron chi connectivity index (χ3n) is 3.23. The van der Waals surface area contributed by atoms with E-state index in [9.17, 15) is 9.90 Å². The van der Waals surface area contributed by atoms with Gasteiger partial charge >= 0.3 is 0 Å². The zero-order chi connectivity index (χ0) is 11.1. The summed E-state index contributed by atoms with van der Waals surface area (Å²) in [5.41, 5.74) is 0. The van der Waals surface area contributed by atoms with Crippen molar-refractivity contribution in [3.8, 4) is 0 Å². The number of hydrogen-bond acceptors (Lipinski definition) is 3. The van der Waals surface area contributed by atoms with E-state index in [0.29, 0.717) is 4.48 Å². The van der Waals surface area contributed by atoms with Crippen LogP contribution in [0.2, 0.25) is 0 Å². The molecule has 3 aliphatic heterocycles. The molecule has 0 aromatic heterocycles. The molecule has 0 aromatic carbocycles. The Morgan fingerprint density at radius 1 is 1.38 bits per heavy atom. The van der Waals surface area contributed by atoms with E-state index in [-0.39, 0.29) is 6.54 Å². The van der Waals surface area contributed by atoms with Gasteiger partial charge in [0.25, 0.3) is 0 Å². The first-order valence-corrected chi connectivity index (χ1v) is 4.73. The van der Waals surface area contributed by atoms with Crippen LogP contribution in [0.4, 0.5) is 0 Å². The standard InChI is InChI=1S/C9H16N2O2/c12-9(13)1-5-11-6-2-10(3-7-11)4-8-11/h1-8H2/i1D2. The van der Waals surface area contributed by atoms with Gasteiger partial charge in [0.15, 0.2) is 0 Å². The Labute approximate surface area is 81.1 Å². The number of rotatable bonds is 3. The molecule has 74 valence electrons. The molecule has 0 unspecified atom stereocenters. The van der Waals surface area contributed by atoms with Gasteiger partial charge in [0.1, 0.15) is 0 Å². The molecule has 0 N–H and O–H groups in total. The minimum absolute atomic E-state index is 0.0587. The van der Waals surface area contributed by atoms with Gasteiger partial charge in [0, 0.05) is 34.7 Å². The molecule has 4 heteroatoms. The lowest BCUT2D eigenvalue weighted by atomic mass is 10.1. The van der Waals surface area contributed by atoms with Gasteiger partial charge in [-0.25, -0.2) is 0 Å². The summed E-state index contributed by atoms with van der Waals surface area (Å²) in [5.74, 6) is -1.58. The molecule has 0 spiro atoms. The fraction of sp³-hybridized carbons (Fsp3) is 0.889. The molecule has 0 saturated carbocycles. The number of piperazine rings is 3. The first kappa shape index (κ1) is 6.79. The third kappa shape index (κ3) is 1.84. The average molecular weight is 186 g/mol. The Bertz CT molecular complexity index is 262. The normalized spacial score (nSPS) is 41.1. The lowest BCUT2D eigenvalue weighted by molar-refractivity contribution is -0.940. The van der Waals surface area contributed by atoms with Gasteiger partial charge in [-0.3, -0.25) is 4.90 Å². The minimum Gasteiger partial charge on any atom is -0.550 e. The van der Waals surface area contributed by atoms with Crippen LogP contribution in [0.1, 0.15) is 9.11 Å². The predicted molar refractivity (Wildman–Crippen MR) is 45.8 cm³/mol. The molecule has 3 heterocycles. The van der Waals surface area contributed by atoms with E-state index in [0.717, 1.165) is 39.3 Å². The maximum atomic E-state index is 10.7. The van der Waals surface area contributed by atoms with Crippen molar-refractivity contribution < 1.29 is 17.1 Å². The number of fused-ring (bicyclic) bond motifs is 3. The second kappa shape index (κ2) is 3.27. The van der Waals surface area contributed by atoms with Crippen molar-refractivity contribution in [1.82, 2.24) is 4.90 Å². The lowest BCUT2D eigenvalue weighted by Gasteiger charge is -2.50. The molecular weight excluding hydrogens is 168 g/mol. The molecule has 3 aliphatic rings. The van der Waals surface area contributed by atoms with Crippen molar-refractivity contribution >= 4 is 5.97 Å². The summed E-state index contributed by atoms with van der Waals surface area (Å²) in [6.45, 7) is 5.55. The fourth-order valence-corrected chi connectivity index (χ4v) is 2.20. The van der Waals surface area contributed by atoms with Gasteiger partial charge in [0.05, 0.1) is 26.2 Å². The molecule has 13 heavy (non-hydrogen) atoms. The van der Waals surface area contributed by atoms with Crippen LogP contribution in [0, 0.1) is 0 Å². The molecule has 3 rings (SSSR count). The van der Waals surface area contributed by atoms with E-state index in [1.54, 1.807) is 0 Å². The summed E-state index contributed by atoms with van der Waals surface area (Å²) >= 11 is 0. The number of aliphatic carboxylic acids is 1. The second-order valence-electron chi connectivity index (χ2n) is 3.98. The minimum atomic E-state index is -2.19. The van der Waals surface area contributed by atoms with Crippen molar-refractivity contribution in [3.63, 3.8) is 0 Å². The first-order chi connectivity index (χ1) is 6.94. The quantitative estimate of drug-likeness (QED) is 0.492. The van der Waals surface area contributed by atoms with Crippen molar-refractivity contribution in [2.24, 2.45) is 0 Å².